The van der Waals surface area contributed by atoms with E-state index in [1.54, 1.807) is 5.38 Å². The second-order valence-corrected chi connectivity index (χ2v) is 4.78. The number of aliphatic hydroxyl groups is 1. The molecule has 0 spiro atoms. The first-order chi connectivity index (χ1) is 6.04. The number of hydrogen-bond donors (Lipinski definition) is 1. The number of aliphatic hydroxyl groups excluding tert-OH is 1. The van der Waals surface area contributed by atoms with E-state index in [0.29, 0.717) is 5.56 Å². The standard InChI is InChI=1S/C9H11BrO2S/c1-5(2)8(11)9(12)6-3-13-4-7(6)10/h3-5,8,11H,1-2H3. The minimum Gasteiger partial charge on any atom is -0.385 e. The van der Waals surface area contributed by atoms with Crippen LogP contribution in [0.5, 0.6) is 0 Å². The van der Waals surface area contributed by atoms with Crippen molar-refractivity contribution in [2.75, 3.05) is 0 Å². The van der Waals surface area contributed by atoms with E-state index in [1.807, 2.05) is 19.2 Å². The molecule has 1 aromatic rings. The highest BCUT2D eigenvalue weighted by Crippen LogP contribution is 2.23. The Hall–Kier alpha value is -0.190. The number of ketones is 1. The number of carbonyl (C=O) groups is 1. The third-order valence-electron chi connectivity index (χ3n) is 1.78. The van der Waals surface area contributed by atoms with Gasteiger partial charge in [-0.15, -0.1) is 0 Å². The normalized spacial score (nSPS) is 13.3. The first kappa shape index (κ1) is 10.9. The maximum atomic E-state index is 11.6. The zero-order valence-corrected chi connectivity index (χ0v) is 9.85. The number of Topliss-reactive ketones (excluding diaryl/α,β-unsaturated/α-hetero) is 1. The van der Waals surface area contributed by atoms with Crippen molar-refractivity contribution in [1.82, 2.24) is 0 Å². The molecule has 0 aliphatic rings. The molecule has 0 aromatic carbocycles. The zero-order valence-electron chi connectivity index (χ0n) is 7.45. The Morgan fingerprint density at radius 2 is 2.15 bits per heavy atom. The SMILES string of the molecule is CC(C)C(O)C(=O)c1cscc1Br. The Kier molecular flexibility index (Phi) is 3.64. The van der Waals surface area contributed by atoms with Crippen molar-refractivity contribution in [3.05, 3.63) is 20.8 Å². The van der Waals surface area contributed by atoms with Crippen LogP contribution in [0.15, 0.2) is 15.2 Å². The largest absolute Gasteiger partial charge is 0.385 e. The van der Waals surface area contributed by atoms with Crippen molar-refractivity contribution in [1.29, 1.82) is 0 Å². The van der Waals surface area contributed by atoms with Gasteiger partial charge in [-0.05, 0) is 21.8 Å². The average Bonchev–Trinajstić information content (AvgIpc) is 2.48. The number of halogens is 1. The molecular formula is C9H11BrO2S. The van der Waals surface area contributed by atoms with Gasteiger partial charge >= 0.3 is 0 Å². The van der Waals surface area contributed by atoms with Crippen LogP contribution in [-0.2, 0) is 0 Å². The first-order valence-corrected chi connectivity index (χ1v) is 5.71. The van der Waals surface area contributed by atoms with Crippen molar-refractivity contribution < 1.29 is 9.90 Å². The molecule has 2 nitrogen and oxygen atoms in total. The summed E-state index contributed by atoms with van der Waals surface area (Å²) >= 11 is 4.71. The lowest BCUT2D eigenvalue weighted by atomic mass is 10.00. The Morgan fingerprint density at radius 3 is 2.54 bits per heavy atom. The Morgan fingerprint density at radius 1 is 1.54 bits per heavy atom. The molecule has 0 saturated heterocycles. The summed E-state index contributed by atoms with van der Waals surface area (Å²) in [6.45, 7) is 3.64. The van der Waals surface area contributed by atoms with Crippen LogP contribution in [0.1, 0.15) is 24.2 Å². The Balaban J connectivity index is 2.86. The van der Waals surface area contributed by atoms with Gasteiger partial charge in [0.05, 0.1) is 0 Å². The minimum atomic E-state index is -0.897. The van der Waals surface area contributed by atoms with E-state index in [1.165, 1.54) is 11.3 Å². The topological polar surface area (TPSA) is 37.3 Å². The van der Waals surface area contributed by atoms with Crippen molar-refractivity contribution in [2.45, 2.75) is 20.0 Å². The maximum absolute atomic E-state index is 11.6. The highest BCUT2D eigenvalue weighted by Gasteiger charge is 2.22. The quantitative estimate of drug-likeness (QED) is 0.851. The maximum Gasteiger partial charge on any atom is 0.193 e. The molecule has 0 aliphatic heterocycles. The van der Waals surface area contributed by atoms with Crippen LogP contribution in [0.4, 0.5) is 0 Å². The van der Waals surface area contributed by atoms with Gasteiger partial charge in [0.1, 0.15) is 6.10 Å². The van der Waals surface area contributed by atoms with E-state index >= 15 is 0 Å². The Bertz CT molecular complexity index is 306. The fourth-order valence-corrected chi connectivity index (χ4v) is 2.40. The average molecular weight is 263 g/mol. The van der Waals surface area contributed by atoms with E-state index < -0.39 is 6.10 Å². The molecule has 1 rings (SSSR count). The summed E-state index contributed by atoms with van der Waals surface area (Å²) in [5.74, 6) is -0.248. The summed E-state index contributed by atoms with van der Waals surface area (Å²) in [5.41, 5.74) is 0.575. The summed E-state index contributed by atoms with van der Waals surface area (Å²) in [4.78, 5) is 11.6. The lowest BCUT2D eigenvalue weighted by Crippen LogP contribution is -2.25. The molecule has 0 amide bonds. The molecule has 1 N–H and O–H groups in total. The summed E-state index contributed by atoms with van der Waals surface area (Å²) < 4.78 is 0.766. The lowest BCUT2D eigenvalue weighted by molar-refractivity contribution is 0.0647. The molecule has 1 aromatic heterocycles. The summed E-state index contributed by atoms with van der Waals surface area (Å²) in [7, 11) is 0. The van der Waals surface area contributed by atoms with Crippen molar-refractivity contribution in [2.24, 2.45) is 5.92 Å². The predicted octanol–water partition coefficient (Wildman–Crippen LogP) is 2.71. The third kappa shape index (κ3) is 2.39. The lowest BCUT2D eigenvalue weighted by Gasteiger charge is -2.12. The fraction of sp³-hybridized carbons (Fsp3) is 0.444. The van der Waals surface area contributed by atoms with Crippen LogP contribution < -0.4 is 0 Å². The van der Waals surface area contributed by atoms with Crippen LogP contribution in [0.3, 0.4) is 0 Å². The summed E-state index contributed by atoms with van der Waals surface area (Å²) in [6.07, 6.45) is -0.897. The van der Waals surface area contributed by atoms with Crippen molar-refractivity contribution in [3.8, 4) is 0 Å². The van der Waals surface area contributed by atoms with Crippen molar-refractivity contribution in [3.63, 3.8) is 0 Å². The van der Waals surface area contributed by atoms with Gasteiger partial charge in [-0.1, -0.05) is 13.8 Å². The molecule has 0 radical (unpaired) electrons. The van der Waals surface area contributed by atoms with Gasteiger partial charge in [-0.3, -0.25) is 4.79 Å². The molecule has 0 saturated carbocycles. The molecule has 0 bridgehead atoms. The molecule has 1 unspecified atom stereocenters. The molecule has 4 heteroatoms. The molecule has 1 heterocycles. The van der Waals surface area contributed by atoms with Crippen molar-refractivity contribution >= 4 is 33.0 Å². The summed E-state index contributed by atoms with van der Waals surface area (Å²) in [5, 5.41) is 13.1. The first-order valence-electron chi connectivity index (χ1n) is 3.98. The number of rotatable bonds is 3. The van der Waals surface area contributed by atoms with E-state index in [0.717, 1.165) is 4.47 Å². The van der Waals surface area contributed by atoms with Gasteiger partial charge in [0.15, 0.2) is 5.78 Å². The van der Waals surface area contributed by atoms with Crippen LogP contribution in [0, 0.1) is 5.92 Å². The van der Waals surface area contributed by atoms with Gasteiger partial charge < -0.3 is 5.11 Å². The third-order valence-corrected chi connectivity index (χ3v) is 3.48. The predicted molar refractivity (Wildman–Crippen MR) is 57.2 cm³/mol. The Labute approximate surface area is 89.7 Å². The number of thiophene rings is 1. The summed E-state index contributed by atoms with van der Waals surface area (Å²) in [6, 6.07) is 0. The second kappa shape index (κ2) is 4.35. The highest BCUT2D eigenvalue weighted by molar-refractivity contribution is 9.10. The van der Waals surface area contributed by atoms with Gasteiger partial charge in [0.2, 0.25) is 0 Å². The van der Waals surface area contributed by atoms with Gasteiger partial charge in [0, 0.05) is 20.8 Å². The highest BCUT2D eigenvalue weighted by atomic mass is 79.9. The fourth-order valence-electron chi connectivity index (χ4n) is 0.919. The smallest absolute Gasteiger partial charge is 0.193 e. The van der Waals surface area contributed by atoms with Crippen LogP contribution in [0.25, 0.3) is 0 Å². The second-order valence-electron chi connectivity index (χ2n) is 3.19. The van der Waals surface area contributed by atoms with Crippen LogP contribution in [0.2, 0.25) is 0 Å². The van der Waals surface area contributed by atoms with Crippen LogP contribution in [-0.4, -0.2) is 17.0 Å². The van der Waals surface area contributed by atoms with E-state index in [-0.39, 0.29) is 11.7 Å². The number of hydrogen-bond acceptors (Lipinski definition) is 3. The zero-order chi connectivity index (χ0) is 10.0. The van der Waals surface area contributed by atoms with Gasteiger partial charge in [-0.25, -0.2) is 0 Å². The molecule has 13 heavy (non-hydrogen) atoms. The molecule has 1 atom stereocenters. The minimum absolute atomic E-state index is 0.0423. The van der Waals surface area contributed by atoms with E-state index in [2.05, 4.69) is 15.9 Å². The van der Waals surface area contributed by atoms with E-state index in [4.69, 9.17) is 0 Å². The molecule has 0 aliphatic carbocycles. The molecule has 0 fully saturated rings. The van der Waals surface area contributed by atoms with Crippen LogP contribution >= 0.6 is 27.3 Å². The van der Waals surface area contributed by atoms with Gasteiger partial charge in [-0.2, -0.15) is 11.3 Å². The molecular weight excluding hydrogens is 252 g/mol. The van der Waals surface area contributed by atoms with E-state index in [9.17, 15) is 9.90 Å². The van der Waals surface area contributed by atoms with Gasteiger partial charge in [0.25, 0.3) is 0 Å². The molecule has 72 valence electrons. The monoisotopic (exact) mass is 262 g/mol. The number of carbonyl (C=O) groups excluding carboxylic acids is 1.